The van der Waals surface area contributed by atoms with Crippen molar-refractivity contribution in [1.82, 2.24) is 10.3 Å². The molecule has 16 heavy (non-hydrogen) atoms. The number of likely N-dealkylation sites (tertiary alicyclic amines) is 1. The molecule has 1 rings (SSSR count). The molecular formula is C11H21N3O2. The quantitative estimate of drug-likeness (QED) is 0.407. The van der Waals surface area contributed by atoms with Crippen LogP contribution < -0.4 is 11.3 Å². The number of hydrazine groups is 1. The lowest BCUT2D eigenvalue weighted by Crippen LogP contribution is -2.49. The summed E-state index contributed by atoms with van der Waals surface area (Å²) in [4.78, 5) is 24.9. The van der Waals surface area contributed by atoms with Crippen molar-refractivity contribution >= 4 is 11.8 Å². The lowest BCUT2D eigenvalue weighted by molar-refractivity contribution is -0.139. The van der Waals surface area contributed by atoms with Crippen LogP contribution in [0.15, 0.2) is 0 Å². The van der Waals surface area contributed by atoms with Crippen molar-refractivity contribution in [2.45, 2.75) is 46.1 Å². The van der Waals surface area contributed by atoms with Gasteiger partial charge in [-0.25, -0.2) is 5.84 Å². The van der Waals surface area contributed by atoms with E-state index >= 15 is 0 Å². The molecule has 1 atom stereocenters. The van der Waals surface area contributed by atoms with Crippen molar-refractivity contribution in [1.29, 1.82) is 0 Å². The van der Waals surface area contributed by atoms with Gasteiger partial charge in [-0.1, -0.05) is 13.8 Å². The number of nitrogens with two attached hydrogens (primary N) is 1. The first-order valence-electron chi connectivity index (χ1n) is 5.67. The Morgan fingerprint density at radius 3 is 2.69 bits per heavy atom. The smallest absolute Gasteiger partial charge is 0.256 e. The molecule has 3 N–H and O–H groups in total. The molecule has 1 aliphatic heterocycles. The van der Waals surface area contributed by atoms with Gasteiger partial charge in [0, 0.05) is 13.0 Å². The maximum absolute atomic E-state index is 11.9. The highest BCUT2D eigenvalue weighted by Crippen LogP contribution is 2.30. The minimum Gasteiger partial charge on any atom is -0.331 e. The zero-order chi connectivity index (χ0) is 12.3. The summed E-state index contributed by atoms with van der Waals surface area (Å²) in [5.41, 5.74) is 2.26. The molecule has 1 aliphatic rings. The fraction of sp³-hybridized carbons (Fsp3) is 0.818. The Hall–Kier alpha value is -1.10. The number of nitrogens with zero attached hydrogens (tertiary/aromatic N) is 1. The van der Waals surface area contributed by atoms with Crippen LogP contribution in [-0.4, -0.2) is 29.3 Å². The zero-order valence-electron chi connectivity index (χ0n) is 10.2. The number of rotatable bonds is 2. The molecule has 0 saturated carbocycles. The van der Waals surface area contributed by atoms with E-state index in [4.69, 9.17) is 5.84 Å². The van der Waals surface area contributed by atoms with Crippen molar-refractivity contribution in [3.63, 3.8) is 0 Å². The van der Waals surface area contributed by atoms with Crippen molar-refractivity contribution in [2.75, 3.05) is 6.54 Å². The van der Waals surface area contributed by atoms with Crippen LogP contribution in [0.5, 0.6) is 0 Å². The zero-order valence-corrected chi connectivity index (χ0v) is 10.2. The lowest BCUT2D eigenvalue weighted by atomic mass is 9.85. The van der Waals surface area contributed by atoms with Crippen LogP contribution >= 0.6 is 0 Å². The van der Waals surface area contributed by atoms with Crippen LogP contribution in [0.1, 0.15) is 40.0 Å². The van der Waals surface area contributed by atoms with Gasteiger partial charge in [0.1, 0.15) is 6.04 Å². The number of carbonyl (C=O) groups excluding carboxylic acids is 2. The van der Waals surface area contributed by atoms with Gasteiger partial charge in [-0.05, 0) is 25.2 Å². The van der Waals surface area contributed by atoms with E-state index in [2.05, 4.69) is 19.3 Å². The van der Waals surface area contributed by atoms with Gasteiger partial charge in [0.25, 0.3) is 5.91 Å². The number of amides is 2. The second-order valence-electron chi connectivity index (χ2n) is 5.19. The van der Waals surface area contributed by atoms with Gasteiger partial charge in [-0.15, -0.1) is 0 Å². The third-order valence-corrected chi connectivity index (χ3v) is 3.35. The van der Waals surface area contributed by atoms with Crippen molar-refractivity contribution in [2.24, 2.45) is 11.3 Å². The molecule has 1 unspecified atom stereocenters. The van der Waals surface area contributed by atoms with Crippen molar-refractivity contribution < 1.29 is 9.59 Å². The molecule has 1 fully saturated rings. The van der Waals surface area contributed by atoms with E-state index in [1.165, 1.54) is 0 Å². The minimum atomic E-state index is -0.480. The molecule has 5 heteroatoms. The van der Waals surface area contributed by atoms with Crippen LogP contribution in [0.4, 0.5) is 0 Å². The highest BCUT2D eigenvalue weighted by molar-refractivity contribution is 5.87. The molecule has 1 saturated heterocycles. The summed E-state index contributed by atoms with van der Waals surface area (Å²) >= 11 is 0. The molecule has 0 aromatic rings. The first-order valence-corrected chi connectivity index (χ1v) is 5.67. The van der Waals surface area contributed by atoms with Crippen LogP contribution in [0.3, 0.4) is 0 Å². The maximum atomic E-state index is 11.9. The average molecular weight is 227 g/mol. The SMILES string of the molecule is CC(C(=O)NN)N1CCC(C)(C)CCC1=O. The van der Waals surface area contributed by atoms with E-state index in [0.717, 1.165) is 12.8 Å². The van der Waals surface area contributed by atoms with Crippen LogP contribution in [-0.2, 0) is 9.59 Å². The molecule has 0 aliphatic carbocycles. The summed E-state index contributed by atoms with van der Waals surface area (Å²) < 4.78 is 0. The Morgan fingerprint density at radius 1 is 1.50 bits per heavy atom. The predicted octanol–water partition coefficient (Wildman–Crippen LogP) is 0.403. The number of hydrogen-bond donors (Lipinski definition) is 2. The van der Waals surface area contributed by atoms with Crippen LogP contribution in [0.25, 0.3) is 0 Å². The molecule has 0 bridgehead atoms. The largest absolute Gasteiger partial charge is 0.331 e. The monoisotopic (exact) mass is 227 g/mol. The Kier molecular flexibility index (Phi) is 3.91. The second kappa shape index (κ2) is 4.82. The van der Waals surface area contributed by atoms with Gasteiger partial charge >= 0.3 is 0 Å². The number of hydrogen-bond acceptors (Lipinski definition) is 3. The molecule has 5 nitrogen and oxygen atoms in total. The van der Waals surface area contributed by atoms with Crippen LogP contribution in [0.2, 0.25) is 0 Å². The van der Waals surface area contributed by atoms with E-state index < -0.39 is 6.04 Å². The maximum Gasteiger partial charge on any atom is 0.256 e. The average Bonchev–Trinajstić information content (AvgIpc) is 2.37. The first kappa shape index (κ1) is 13.0. The molecule has 0 radical (unpaired) electrons. The predicted molar refractivity (Wildman–Crippen MR) is 61.1 cm³/mol. The third kappa shape index (κ3) is 2.95. The summed E-state index contributed by atoms with van der Waals surface area (Å²) in [6.45, 7) is 6.63. The molecule has 0 aromatic carbocycles. The Bertz CT molecular complexity index is 289. The highest BCUT2D eigenvalue weighted by Gasteiger charge is 2.31. The van der Waals surface area contributed by atoms with Gasteiger partial charge in [0.2, 0.25) is 5.91 Å². The van der Waals surface area contributed by atoms with E-state index in [-0.39, 0.29) is 17.2 Å². The molecular weight excluding hydrogens is 206 g/mol. The molecule has 2 amide bonds. The summed E-state index contributed by atoms with van der Waals surface area (Å²) in [5, 5.41) is 0. The molecule has 1 heterocycles. The van der Waals surface area contributed by atoms with E-state index in [0.29, 0.717) is 13.0 Å². The lowest BCUT2D eigenvalue weighted by Gasteiger charge is -2.27. The minimum absolute atomic E-state index is 0.0432. The van der Waals surface area contributed by atoms with E-state index in [1.807, 2.05) is 0 Å². The summed E-state index contributed by atoms with van der Waals surface area (Å²) in [5.74, 6) is 4.81. The van der Waals surface area contributed by atoms with Gasteiger partial charge in [0.15, 0.2) is 0 Å². The Labute approximate surface area is 96.3 Å². The Morgan fingerprint density at radius 2 is 2.12 bits per heavy atom. The van der Waals surface area contributed by atoms with E-state index in [9.17, 15) is 9.59 Å². The molecule has 0 spiro atoms. The van der Waals surface area contributed by atoms with Crippen molar-refractivity contribution in [3.05, 3.63) is 0 Å². The molecule has 92 valence electrons. The number of carbonyl (C=O) groups is 2. The first-order chi connectivity index (χ1) is 7.37. The van der Waals surface area contributed by atoms with Gasteiger partial charge in [0.05, 0.1) is 0 Å². The number of nitrogens with one attached hydrogen (secondary N) is 1. The van der Waals surface area contributed by atoms with Gasteiger partial charge in [-0.3, -0.25) is 15.0 Å². The Balaban J connectivity index is 2.73. The highest BCUT2D eigenvalue weighted by atomic mass is 16.2. The van der Waals surface area contributed by atoms with Crippen molar-refractivity contribution in [3.8, 4) is 0 Å². The fourth-order valence-electron chi connectivity index (χ4n) is 1.93. The summed E-state index contributed by atoms with van der Waals surface area (Å²) in [6, 6.07) is -0.480. The molecule has 0 aromatic heterocycles. The summed E-state index contributed by atoms with van der Waals surface area (Å²) in [7, 11) is 0. The van der Waals surface area contributed by atoms with E-state index in [1.54, 1.807) is 11.8 Å². The summed E-state index contributed by atoms with van der Waals surface area (Å²) in [6.07, 6.45) is 2.30. The van der Waals surface area contributed by atoms with Crippen LogP contribution in [0, 0.1) is 5.41 Å². The van der Waals surface area contributed by atoms with Gasteiger partial charge in [-0.2, -0.15) is 0 Å². The van der Waals surface area contributed by atoms with Gasteiger partial charge < -0.3 is 4.90 Å². The second-order valence-corrected chi connectivity index (χ2v) is 5.19. The fourth-order valence-corrected chi connectivity index (χ4v) is 1.93. The standard InChI is InChI=1S/C11H21N3O2/c1-8(10(16)13-12)14-7-6-11(2,3)5-4-9(14)15/h8H,4-7,12H2,1-3H3,(H,13,16). The third-order valence-electron chi connectivity index (χ3n) is 3.35. The normalized spacial score (nSPS) is 22.5. The topological polar surface area (TPSA) is 75.4 Å².